The van der Waals surface area contributed by atoms with Crippen LogP contribution in [0.25, 0.3) is 17.2 Å². The van der Waals surface area contributed by atoms with Gasteiger partial charge in [0.05, 0.1) is 0 Å². The third kappa shape index (κ3) is 2.76. The van der Waals surface area contributed by atoms with Crippen LogP contribution in [0.2, 0.25) is 0 Å². The fourth-order valence-corrected chi connectivity index (χ4v) is 4.00. The number of aliphatic hydroxyl groups is 1. The number of hydrogen-bond donors (Lipinski definition) is 1. The second-order valence-electron chi connectivity index (χ2n) is 7.15. The molecular formula is C19H26N6O. The molecule has 4 rings (SSSR count). The van der Waals surface area contributed by atoms with Gasteiger partial charge < -0.3 is 14.6 Å². The van der Waals surface area contributed by atoms with E-state index in [1.807, 2.05) is 28.4 Å². The molecule has 0 radical (unpaired) electrons. The predicted octanol–water partition coefficient (Wildman–Crippen LogP) is 2.21. The Labute approximate surface area is 153 Å². The number of hydrogen-bond acceptors (Lipinski definition) is 5. The van der Waals surface area contributed by atoms with Gasteiger partial charge in [0.15, 0.2) is 11.5 Å². The average molecular weight is 354 g/mol. The number of nitrogens with zero attached hydrogens (tertiary/aromatic N) is 6. The van der Waals surface area contributed by atoms with E-state index in [0.29, 0.717) is 5.92 Å². The molecule has 7 nitrogen and oxygen atoms in total. The molecule has 1 fully saturated rings. The summed E-state index contributed by atoms with van der Waals surface area (Å²) in [7, 11) is 1.97. The zero-order chi connectivity index (χ0) is 18.3. The molecular weight excluding hydrogens is 328 g/mol. The van der Waals surface area contributed by atoms with Crippen LogP contribution in [0.4, 0.5) is 5.82 Å². The van der Waals surface area contributed by atoms with Crippen LogP contribution in [0.1, 0.15) is 31.0 Å². The molecule has 26 heavy (non-hydrogen) atoms. The van der Waals surface area contributed by atoms with Crippen molar-refractivity contribution < 1.29 is 5.11 Å². The van der Waals surface area contributed by atoms with E-state index in [1.165, 1.54) is 5.56 Å². The average Bonchev–Trinajstić information content (AvgIpc) is 3.26. The van der Waals surface area contributed by atoms with Crippen molar-refractivity contribution in [3.8, 4) is 11.5 Å². The van der Waals surface area contributed by atoms with Gasteiger partial charge in [-0.15, -0.1) is 0 Å². The molecule has 0 bridgehead atoms. The van der Waals surface area contributed by atoms with Crippen molar-refractivity contribution in [2.75, 3.05) is 24.6 Å². The number of imidazole rings is 1. The molecule has 138 valence electrons. The molecule has 7 heteroatoms. The van der Waals surface area contributed by atoms with Crippen molar-refractivity contribution in [3.05, 3.63) is 29.7 Å². The standard InChI is InChI=1S/C19H26N6O/c1-4-15-13(2)21-17-10-16(18-20-7-9-23(18)3)22-25(17)19(15)24-8-5-6-14(11-24)12-26/h7,9-10,14,26H,4-6,8,11-12H2,1-3H3. The van der Waals surface area contributed by atoms with Crippen LogP contribution in [0, 0.1) is 12.8 Å². The normalized spacial score (nSPS) is 18.0. The predicted molar refractivity (Wildman–Crippen MR) is 101 cm³/mol. The molecule has 0 spiro atoms. The maximum Gasteiger partial charge on any atom is 0.160 e. The van der Waals surface area contributed by atoms with Crippen molar-refractivity contribution in [2.45, 2.75) is 33.1 Å². The lowest BCUT2D eigenvalue weighted by Gasteiger charge is -2.35. The molecule has 4 heterocycles. The van der Waals surface area contributed by atoms with Crippen molar-refractivity contribution in [3.63, 3.8) is 0 Å². The maximum absolute atomic E-state index is 9.64. The van der Waals surface area contributed by atoms with Crippen molar-refractivity contribution >= 4 is 11.5 Å². The summed E-state index contributed by atoms with van der Waals surface area (Å²) in [5.74, 6) is 2.28. The van der Waals surface area contributed by atoms with Crippen LogP contribution in [-0.2, 0) is 13.5 Å². The Hall–Kier alpha value is -2.41. The summed E-state index contributed by atoms with van der Waals surface area (Å²) in [4.78, 5) is 11.6. The highest BCUT2D eigenvalue weighted by Crippen LogP contribution is 2.30. The molecule has 1 N–H and O–H groups in total. The summed E-state index contributed by atoms with van der Waals surface area (Å²) < 4.78 is 3.94. The Morgan fingerprint density at radius 3 is 2.88 bits per heavy atom. The van der Waals surface area contributed by atoms with Gasteiger partial charge in [0, 0.05) is 56.5 Å². The third-order valence-electron chi connectivity index (χ3n) is 5.36. The fraction of sp³-hybridized carbons (Fsp3) is 0.526. The first-order chi connectivity index (χ1) is 12.6. The zero-order valence-electron chi connectivity index (χ0n) is 15.7. The second-order valence-corrected chi connectivity index (χ2v) is 7.15. The van der Waals surface area contributed by atoms with Gasteiger partial charge in [0.2, 0.25) is 0 Å². The van der Waals surface area contributed by atoms with E-state index in [4.69, 9.17) is 10.1 Å². The number of aliphatic hydroxyl groups excluding tert-OH is 1. The Morgan fingerprint density at radius 1 is 1.35 bits per heavy atom. The summed E-state index contributed by atoms with van der Waals surface area (Å²) in [6.45, 7) is 6.32. The number of aromatic nitrogens is 5. The van der Waals surface area contributed by atoms with Crippen LogP contribution in [0.5, 0.6) is 0 Å². The topological polar surface area (TPSA) is 71.5 Å². The third-order valence-corrected chi connectivity index (χ3v) is 5.36. The SMILES string of the molecule is CCc1c(C)nc2cc(-c3nccn3C)nn2c1N1CCCC(CO)C1. The van der Waals surface area contributed by atoms with E-state index in [9.17, 15) is 5.11 Å². The Morgan fingerprint density at radius 2 is 2.19 bits per heavy atom. The van der Waals surface area contributed by atoms with Gasteiger partial charge in [-0.2, -0.15) is 9.61 Å². The van der Waals surface area contributed by atoms with E-state index in [2.05, 4.69) is 23.7 Å². The van der Waals surface area contributed by atoms with Gasteiger partial charge in [-0.3, -0.25) is 0 Å². The van der Waals surface area contributed by atoms with Gasteiger partial charge in [-0.25, -0.2) is 9.97 Å². The number of aryl methyl sites for hydroxylation is 2. The first-order valence-corrected chi connectivity index (χ1v) is 9.35. The zero-order valence-corrected chi connectivity index (χ0v) is 15.7. The largest absolute Gasteiger partial charge is 0.396 e. The van der Waals surface area contributed by atoms with E-state index in [0.717, 1.165) is 61.0 Å². The molecule has 1 unspecified atom stereocenters. The highest BCUT2D eigenvalue weighted by Gasteiger charge is 2.25. The molecule has 0 saturated carbocycles. The summed E-state index contributed by atoms with van der Waals surface area (Å²) in [6.07, 6.45) is 6.78. The molecule has 0 amide bonds. The molecule has 1 atom stereocenters. The van der Waals surface area contributed by atoms with Crippen molar-refractivity contribution in [1.29, 1.82) is 0 Å². The Balaban J connectivity index is 1.88. The van der Waals surface area contributed by atoms with E-state index < -0.39 is 0 Å². The lowest BCUT2D eigenvalue weighted by atomic mass is 9.98. The maximum atomic E-state index is 9.64. The van der Waals surface area contributed by atoms with E-state index >= 15 is 0 Å². The van der Waals surface area contributed by atoms with Crippen LogP contribution in [0.15, 0.2) is 18.5 Å². The van der Waals surface area contributed by atoms with Crippen molar-refractivity contribution in [2.24, 2.45) is 13.0 Å². The van der Waals surface area contributed by atoms with Gasteiger partial charge in [-0.05, 0) is 32.1 Å². The molecule has 3 aromatic rings. The minimum absolute atomic E-state index is 0.239. The molecule has 1 aliphatic heterocycles. The van der Waals surface area contributed by atoms with Crippen LogP contribution in [-0.4, -0.2) is 49.0 Å². The lowest BCUT2D eigenvalue weighted by Crippen LogP contribution is -2.38. The van der Waals surface area contributed by atoms with Gasteiger partial charge in [-0.1, -0.05) is 6.92 Å². The molecule has 1 saturated heterocycles. The monoisotopic (exact) mass is 354 g/mol. The summed E-state index contributed by atoms with van der Waals surface area (Å²) in [6, 6.07) is 2.01. The molecule has 1 aliphatic rings. The van der Waals surface area contributed by atoms with Gasteiger partial charge in [0.1, 0.15) is 11.5 Å². The van der Waals surface area contributed by atoms with Crippen LogP contribution in [0.3, 0.4) is 0 Å². The number of rotatable bonds is 4. The molecule has 0 aromatic carbocycles. The number of fused-ring (bicyclic) bond motifs is 1. The number of anilines is 1. The Kier molecular flexibility index (Phi) is 4.40. The first kappa shape index (κ1) is 17.0. The molecule has 3 aromatic heterocycles. The number of piperidine rings is 1. The quantitative estimate of drug-likeness (QED) is 0.778. The highest BCUT2D eigenvalue weighted by molar-refractivity contribution is 5.64. The minimum Gasteiger partial charge on any atom is -0.396 e. The smallest absolute Gasteiger partial charge is 0.160 e. The van der Waals surface area contributed by atoms with Crippen LogP contribution < -0.4 is 4.90 Å². The summed E-state index contributed by atoms with van der Waals surface area (Å²) >= 11 is 0. The summed E-state index contributed by atoms with van der Waals surface area (Å²) in [5.41, 5.74) is 3.95. The Bertz CT molecular complexity index is 928. The lowest BCUT2D eigenvalue weighted by molar-refractivity contribution is 0.208. The van der Waals surface area contributed by atoms with E-state index in [-0.39, 0.29) is 6.61 Å². The first-order valence-electron chi connectivity index (χ1n) is 9.35. The minimum atomic E-state index is 0.239. The fourth-order valence-electron chi connectivity index (χ4n) is 4.00. The molecule has 0 aliphatic carbocycles. The van der Waals surface area contributed by atoms with Gasteiger partial charge >= 0.3 is 0 Å². The van der Waals surface area contributed by atoms with Crippen LogP contribution >= 0.6 is 0 Å². The van der Waals surface area contributed by atoms with Gasteiger partial charge in [0.25, 0.3) is 0 Å². The van der Waals surface area contributed by atoms with E-state index in [1.54, 1.807) is 6.20 Å². The second kappa shape index (κ2) is 6.72. The van der Waals surface area contributed by atoms with Crippen molar-refractivity contribution in [1.82, 2.24) is 24.1 Å². The summed E-state index contributed by atoms with van der Waals surface area (Å²) in [5, 5.41) is 14.5. The highest BCUT2D eigenvalue weighted by atomic mass is 16.3.